The number of nitrogens with one attached hydrogen (secondary N) is 1. The molecule has 24 heavy (non-hydrogen) atoms. The highest BCUT2D eigenvalue weighted by atomic mass is 32.2. The molecule has 1 aromatic carbocycles. The van der Waals surface area contributed by atoms with Gasteiger partial charge in [0.2, 0.25) is 10.0 Å². The van der Waals surface area contributed by atoms with E-state index >= 15 is 0 Å². The number of nitrogens with zero attached hydrogens (tertiary/aromatic N) is 1. The van der Waals surface area contributed by atoms with E-state index in [9.17, 15) is 8.42 Å². The van der Waals surface area contributed by atoms with Crippen LogP contribution in [0, 0.1) is 0 Å². The molecule has 0 atom stereocenters. The third-order valence-corrected chi connectivity index (χ3v) is 5.49. The zero-order valence-corrected chi connectivity index (χ0v) is 15.2. The summed E-state index contributed by atoms with van der Waals surface area (Å²) in [5, 5.41) is 2.91. The first-order valence-electron chi connectivity index (χ1n) is 7.64. The lowest BCUT2D eigenvalue weighted by Gasteiger charge is -2.06. The molecule has 0 radical (unpaired) electrons. The van der Waals surface area contributed by atoms with Crippen molar-refractivity contribution in [1.29, 1.82) is 0 Å². The molecule has 0 saturated carbocycles. The molecular weight excluding hydrogens is 348 g/mol. The summed E-state index contributed by atoms with van der Waals surface area (Å²) in [5.74, 6) is -0.0525. The molecule has 0 aliphatic heterocycles. The van der Waals surface area contributed by atoms with Gasteiger partial charge < -0.3 is 9.47 Å². The molecule has 2 rings (SSSR count). The maximum absolute atomic E-state index is 11.8. The monoisotopic (exact) mass is 370 g/mol. The number of rotatable bonds is 11. The first kappa shape index (κ1) is 19.0. The molecule has 0 unspecified atom stereocenters. The number of methoxy groups -OCH3 is 1. The van der Waals surface area contributed by atoms with Crippen LogP contribution in [0.25, 0.3) is 10.6 Å². The van der Waals surface area contributed by atoms with Crippen molar-refractivity contribution in [2.75, 3.05) is 39.2 Å². The van der Waals surface area contributed by atoms with Crippen molar-refractivity contribution in [1.82, 2.24) is 9.71 Å². The lowest BCUT2D eigenvalue weighted by molar-refractivity contribution is 0.0784. The summed E-state index contributed by atoms with van der Waals surface area (Å²) in [6.45, 7) is 1.35. The van der Waals surface area contributed by atoms with E-state index in [2.05, 4.69) is 9.71 Å². The molecule has 1 N–H and O–H groups in total. The zero-order chi connectivity index (χ0) is 17.3. The van der Waals surface area contributed by atoms with Gasteiger partial charge in [-0.25, -0.2) is 18.1 Å². The fourth-order valence-electron chi connectivity index (χ4n) is 1.95. The molecule has 0 aliphatic carbocycles. The van der Waals surface area contributed by atoms with Crippen LogP contribution in [0.5, 0.6) is 0 Å². The van der Waals surface area contributed by atoms with E-state index in [1.165, 1.54) is 0 Å². The van der Waals surface area contributed by atoms with Gasteiger partial charge in [0.1, 0.15) is 5.01 Å². The van der Waals surface area contributed by atoms with Crippen molar-refractivity contribution in [3.8, 4) is 10.6 Å². The van der Waals surface area contributed by atoms with Crippen LogP contribution in [0.3, 0.4) is 0 Å². The lowest BCUT2D eigenvalue weighted by atomic mass is 10.2. The third-order valence-electron chi connectivity index (χ3n) is 3.20. The number of hydrogen-bond acceptors (Lipinski definition) is 6. The summed E-state index contributed by atoms with van der Waals surface area (Å²) in [7, 11) is -1.75. The summed E-state index contributed by atoms with van der Waals surface area (Å²) in [5.41, 5.74) is 1.96. The van der Waals surface area contributed by atoms with Crippen molar-refractivity contribution in [3.05, 3.63) is 41.4 Å². The quantitative estimate of drug-likeness (QED) is 0.612. The Balaban J connectivity index is 1.73. The highest BCUT2D eigenvalue weighted by Gasteiger charge is 2.10. The van der Waals surface area contributed by atoms with E-state index in [-0.39, 0.29) is 12.4 Å². The van der Waals surface area contributed by atoms with Crippen LogP contribution in [-0.2, 0) is 25.9 Å². The molecule has 0 saturated heterocycles. The van der Waals surface area contributed by atoms with Gasteiger partial charge in [-0.3, -0.25) is 0 Å². The maximum atomic E-state index is 11.8. The van der Waals surface area contributed by atoms with Gasteiger partial charge in [-0.2, -0.15) is 0 Å². The summed E-state index contributed by atoms with van der Waals surface area (Å²) in [6, 6.07) is 9.92. The highest BCUT2D eigenvalue weighted by molar-refractivity contribution is 7.89. The Bertz CT molecular complexity index is 702. The number of sulfonamides is 1. The van der Waals surface area contributed by atoms with Crippen LogP contribution < -0.4 is 4.72 Å². The average molecular weight is 370 g/mol. The molecule has 0 aliphatic rings. The normalized spacial score (nSPS) is 11.7. The van der Waals surface area contributed by atoms with E-state index in [4.69, 9.17) is 9.47 Å². The van der Waals surface area contributed by atoms with E-state index in [0.29, 0.717) is 26.2 Å². The van der Waals surface area contributed by atoms with Crippen LogP contribution in [0.1, 0.15) is 5.69 Å². The predicted molar refractivity (Wildman–Crippen MR) is 95.7 cm³/mol. The van der Waals surface area contributed by atoms with Crippen molar-refractivity contribution in [3.63, 3.8) is 0 Å². The van der Waals surface area contributed by atoms with Gasteiger partial charge in [0.25, 0.3) is 0 Å². The van der Waals surface area contributed by atoms with Gasteiger partial charge in [-0.15, -0.1) is 11.3 Å². The Kier molecular flexibility index (Phi) is 7.80. The van der Waals surface area contributed by atoms with Crippen molar-refractivity contribution in [2.24, 2.45) is 0 Å². The fourth-order valence-corrected chi connectivity index (χ4v) is 3.71. The number of thiazole rings is 1. The molecule has 8 heteroatoms. The minimum atomic E-state index is -3.32. The summed E-state index contributed by atoms with van der Waals surface area (Å²) in [6.07, 6.45) is 0.563. The van der Waals surface area contributed by atoms with Crippen molar-refractivity contribution < 1.29 is 17.9 Å². The van der Waals surface area contributed by atoms with Gasteiger partial charge in [-0.05, 0) is 0 Å². The molecular formula is C16H22N2O4S2. The second-order valence-corrected chi connectivity index (χ2v) is 7.86. The van der Waals surface area contributed by atoms with E-state index in [1.54, 1.807) is 18.4 Å². The predicted octanol–water partition coefficient (Wildman–Crippen LogP) is 1.94. The molecule has 2 aromatic rings. The Morgan fingerprint density at radius 1 is 1.17 bits per heavy atom. The number of ether oxygens (including phenoxy) is 2. The van der Waals surface area contributed by atoms with Crippen molar-refractivity contribution >= 4 is 21.4 Å². The highest BCUT2D eigenvalue weighted by Crippen LogP contribution is 2.23. The Labute approximate surface area is 146 Å². The van der Waals surface area contributed by atoms with Gasteiger partial charge in [0.05, 0.1) is 31.3 Å². The third kappa shape index (κ3) is 6.66. The van der Waals surface area contributed by atoms with Gasteiger partial charge in [0.15, 0.2) is 0 Å². The van der Waals surface area contributed by atoms with E-state index in [1.807, 2.05) is 35.7 Å². The topological polar surface area (TPSA) is 77.5 Å². The van der Waals surface area contributed by atoms with Gasteiger partial charge >= 0.3 is 0 Å². The standard InChI is InChI=1S/C16H22N2O4S2/c1-21-9-10-22-11-12-24(19,20)17-8-7-15-13-23-16(18-15)14-5-3-2-4-6-14/h2-6,13,17H,7-12H2,1H3. The van der Waals surface area contributed by atoms with Crippen molar-refractivity contribution in [2.45, 2.75) is 6.42 Å². The smallest absolute Gasteiger partial charge is 0.213 e. The first-order chi connectivity index (χ1) is 11.6. The van der Waals surface area contributed by atoms with Gasteiger partial charge in [0, 0.05) is 31.0 Å². The molecule has 0 bridgehead atoms. The average Bonchev–Trinajstić information content (AvgIpc) is 3.04. The Morgan fingerprint density at radius 2 is 1.96 bits per heavy atom. The minimum absolute atomic E-state index is 0.0525. The number of hydrogen-bond donors (Lipinski definition) is 1. The molecule has 0 amide bonds. The SMILES string of the molecule is COCCOCCS(=O)(=O)NCCc1csc(-c2ccccc2)n1. The molecule has 1 heterocycles. The molecule has 0 spiro atoms. The maximum Gasteiger partial charge on any atom is 0.213 e. The van der Waals surface area contributed by atoms with Crippen LogP contribution >= 0.6 is 11.3 Å². The molecule has 132 valence electrons. The number of benzene rings is 1. The van der Waals surface area contributed by atoms with E-state index < -0.39 is 10.0 Å². The number of aromatic nitrogens is 1. The second kappa shape index (κ2) is 9.85. The van der Waals surface area contributed by atoms with Crippen LogP contribution in [-0.4, -0.2) is 52.6 Å². The first-order valence-corrected chi connectivity index (χ1v) is 10.2. The summed E-state index contributed by atoms with van der Waals surface area (Å²) in [4.78, 5) is 4.54. The molecule has 0 fully saturated rings. The summed E-state index contributed by atoms with van der Waals surface area (Å²) >= 11 is 1.56. The van der Waals surface area contributed by atoms with Crippen LogP contribution in [0.2, 0.25) is 0 Å². The van der Waals surface area contributed by atoms with E-state index in [0.717, 1.165) is 16.3 Å². The Hall–Kier alpha value is -1.32. The largest absolute Gasteiger partial charge is 0.382 e. The lowest BCUT2D eigenvalue weighted by Crippen LogP contribution is -2.30. The Morgan fingerprint density at radius 3 is 2.71 bits per heavy atom. The van der Waals surface area contributed by atoms with Crippen LogP contribution in [0.4, 0.5) is 0 Å². The molecule has 6 nitrogen and oxygen atoms in total. The van der Waals surface area contributed by atoms with Crippen LogP contribution in [0.15, 0.2) is 35.7 Å². The molecule has 1 aromatic heterocycles. The summed E-state index contributed by atoms with van der Waals surface area (Å²) < 4.78 is 36.3. The fraction of sp³-hybridized carbons (Fsp3) is 0.438. The van der Waals surface area contributed by atoms with Gasteiger partial charge in [-0.1, -0.05) is 30.3 Å². The second-order valence-electron chi connectivity index (χ2n) is 5.08. The minimum Gasteiger partial charge on any atom is -0.382 e. The zero-order valence-electron chi connectivity index (χ0n) is 13.6.